The molecule has 2 aromatic rings. The molecule has 0 bridgehead atoms. The zero-order valence-electron chi connectivity index (χ0n) is 10.7. The summed E-state index contributed by atoms with van der Waals surface area (Å²) in [5.74, 6) is -2.26. The number of hydrogen-bond donors (Lipinski definition) is 3. The third-order valence-corrected chi connectivity index (χ3v) is 2.27. The maximum Gasteiger partial charge on any atom is 0.423 e. The normalized spacial score (nSPS) is 9.68. The van der Waals surface area contributed by atoms with Crippen molar-refractivity contribution in [3.63, 3.8) is 0 Å². The van der Waals surface area contributed by atoms with Gasteiger partial charge in [0.15, 0.2) is 17.4 Å². The molecule has 22 heavy (non-hydrogen) atoms. The lowest BCUT2D eigenvalue weighted by Gasteiger charge is -2.09. The van der Waals surface area contributed by atoms with Gasteiger partial charge in [0, 0.05) is 6.07 Å². The molecule has 0 fully saturated rings. The third-order valence-electron chi connectivity index (χ3n) is 2.27. The standard InChI is InChI=1S/C12H7F2N5O3/c13-7-1-2-9(8(14)3-7)22-11-16-5-6(4-15)10(17-11)18-19-12(20)21/h1-3,5,19H,(H,20,21)(H,16,17,18). The maximum absolute atomic E-state index is 13.5. The van der Waals surface area contributed by atoms with Crippen molar-refractivity contribution in [1.82, 2.24) is 15.4 Å². The van der Waals surface area contributed by atoms with E-state index in [2.05, 4.69) is 15.4 Å². The van der Waals surface area contributed by atoms with Gasteiger partial charge in [0.05, 0.1) is 6.20 Å². The van der Waals surface area contributed by atoms with Crippen LogP contribution in [-0.2, 0) is 0 Å². The first-order valence-corrected chi connectivity index (χ1v) is 5.64. The van der Waals surface area contributed by atoms with Crippen molar-refractivity contribution >= 4 is 11.9 Å². The number of nitrogens with zero attached hydrogens (tertiary/aromatic N) is 3. The average molecular weight is 307 g/mol. The molecule has 1 amide bonds. The topological polar surface area (TPSA) is 120 Å². The Balaban J connectivity index is 2.26. The molecule has 2 rings (SSSR count). The number of aromatic nitrogens is 2. The number of anilines is 1. The summed E-state index contributed by atoms with van der Waals surface area (Å²) in [6.07, 6.45) is -0.357. The first-order valence-electron chi connectivity index (χ1n) is 5.64. The molecule has 1 aromatic carbocycles. The lowest BCUT2D eigenvalue weighted by atomic mass is 10.3. The number of ether oxygens (including phenoxy) is 1. The Hall–Kier alpha value is -3.48. The molecule has 112 valence electrons. The largest absolute Gasteiger partial charge is 0.464 e. The number of carboxylic acid groups (broad SMARTS) is 1. The Kier molecular flexibility index (Phi) is 4.28. The van der Waals surface area contributed by atoms with Crippen LogP contribution in [0.3, 0.4) is 0 Å². The zero-order valence-corrected chi connectivity index (χ0v) is 10.7. The molecule has 0 aliphatic heterocycles. The van der Waals surface area contributed by atoms with Gasteiger partial charge in [0.25, 0.3) is 0 Å². The molecule has 3 N–H and O–H groups in total. The molecule has 0 spiro atoms. The second-order valence-electron chi connectivity index (χ2n) is 3.76. The van der Waals surface area contributed by atoms with E-state index in [0.29, 0.717) is 6.07 Å². The van der Waals surface area contributed by atoms with Crippen LogP contribution in [-0.4, -0.2) is 21.2 Å². The van der Waals surface area contributed by atoms with E-state index in [1.54, 1.807) is 11.5 Å². The Labute approximate surface area is 122 Å². The predicted molar refractivity (Wildman–Crippen MR) is 68.0 cm³/mol. The summed E-state index contributed by atoms with van der Waals surface area (Å²) in [5.41, 5.74) is 3.88. The van der Waals surface area contributed by atoms with E-state index in [9.17, 15) is 13.6 Å². The first kappa shape index (κ1) is 14.9. The number of halogens is 2. The summed E-state index contributed by atoms with van der Waals surface area (Å²) in [5, 5.41) is 17.3. The van der Waals surface area contributed by atoms with Crippen LogP contribution in [0.2, 0.25) is 0 Å². The van der Waals surface area contributed by atoms with Gasteiger partial charge in [-0.3, -0.25) is 5.43 Å². The summed E-state index contributed by atoms with van der Waals surface area (Å²) in [6, 6.07) is 4.00. The number of hydrogen-bond acceptors (Lipinski definition) is 6. The fraction of sp³-hybridized carbons (Fsp3) is 0. The van der Waals surface area contributed by atoms with E-state index in [-0.39, 0.29) is 23.1 Å². The summed E-state index contributed by atoms with van der Waals surface area (Å²) < 4.78 is 31.3. The van der Waals surface area contributed by atoms with Gasteiger partial charge in [0.2, 0.25) is 0 Å². The second-order valence-corrected chi connectivity index (χ2v) is 3.76. The number of hydrazine groups is 1. The first-order chi connectivity index (χ1) is 10.5. The Morgan fingerprint density at radius 2 is 2.18 bits per heavy atom. The molecule has 0 unspecified atom stereocenters. The van der Waals surface area contributed by atoms with E-state index in [1.165, 1.54) is 0 Å². The fourth-order valence-electron chi connectivity index (χ4n) is 1.36. The number of amides is 1. The molecule has 0 atom stereocenters. The number of rotatable bonds is 4. The third kappa shape index (κ3) is 3.54. The predicted octanol–water partition coefficient (Wildman–Crippen LogP) is 2.01. The van der Waals surface area contributed by atoms with Crippen molar-refractivity contribution in [3.05, 3.63) is 41.6 Å². The molecule has 1 aromatic heterocycles. The number of benzene rings is 1. The smallest absolute Gasteiger partial charge is 0.423 e. The highest BCUT2D eigenvalue weighted by molar-refractivity contribution is 5.67. The highest BCUT2D eigenvalue weighted by Gasteiger charge is 2.12. The average Bonchev–Trinajstić information content (AvgIpc) is 2.48. The Morgan fingerprint density at radius 3 is 2.82 bits per heavy atom. The van der Waals surface area contributed by atoms with E-state index in [4.69, 9.17) is 15.1 Å². The van der Waals surface area contributed by atoms with E-state index < -0.39 is 17.7 Å². The quantitative estimate of drug-likeness (QED) is 0.739. The van der Waals surface area contributed by atoms with Gasteiger partial charge in [-0.15, -0.1) is 0 Å². The van der Waals surface area contributed by atoms with Crippen molar-refractivity contribution in [1.29, 1.82) is 5.26 Å². The van der Waals surface area contributed by atoms with Crippen LogP contribution in [0.1, 0.15) is 5.56 Å². The summed E-state index contributed by atoms with van der Waals surface area (Å²) >= 11 is 0. The van der Waals surface area contributed by atoms with Gasteiger partial charge in [-0.1, -0.05) is 0 Å². The number of carbonyl (C=O) groups is 1. The summed E-state index contributed by atoms with van der Waals surface area (Å²) in [7, 11) is 0. The molecule has 1 heterocycles. The SMILES string of the molecule is N#Cc1cnc(Oc2ccc(F)cc2F)nc1NNC(=O)O. The highest BCUT2D eigenvalue weighted by atomic mass is 19.1. The van der Waals surface area contributed by atoms with Crippen LogP contribution in [0.15, 0.2) is 24.4 Å². The molecule has 0 aliphatic rings. The molecule has 0 saturated heterocycles. The van der Waals surface area contributed by atoms with Gasteiger partial charge in [-0.25, -0.2) is 24.0 Å². The molecule has 0 saturated carbocycles. The van der Waals surface area contributed by atoms with E-state index >= 15 is 0 Å². The summed E-state index contributed by atoms with van der Waals surface area (Å²) in [4.78, 5) is 17.8. The monoisotopic (exact) mass is 307 g/mol. The van der Waals surface area contributed by atoms with Crippen LogP contribution in [0, 0.1) is 23.0 Å². The highest BCUT2D eigenvalue weighted by Crippen LogP contribution is 2.23. The molecule has 10 heteroatoms. The van der Waals surface area contributed by atoms with Gasteiger partial charge < -0.3 is 9.84 Å². The maximum atomic E-state index is 13.5. The molecular formula is C12H7F2N5O3. The van der Waals surface area contributed by atoms with Crippen molar-refractivity contribution in [2.75, 3.05) is 5.43 Å². The molecule has 0 aliphatic carbocycles. The van der Waals surface area contributed by atoms with Crippen LogP contribution in [0.4, 0.5) is 19.4 Å². The number of nitrogens with one attached hydrogen (secondary N) is 2. The van der Waals surface area contributed by atoms with Crippen molar-refractivity contribution in [3.8, 4) is 17.8 Å². The molecule has 8 nitrogen and oxygen atoms in total. The minimum Gasteiger partial charge on any atom is -0.464 e. The minimum absolute atomic E-state index is 0.0688. The summed E-state index contributed by atoms with van der Waals surface area (Å²) in [6.45, 7) is 0. The fourth-order valence-corrected chi connectivity index (χ4v) is 1.36. The lowest BCUT2D eigenvalue weighted by Crippen LogP contribution is -2.28. The zero-order chi connectivity index (χ0) is 16.1. The van der Waals surface area contributed by atoms with E-state index in [0.717, 1.165) is 18.3 Å². The molecular weight excluding hydrogens is 300 g/mol. The van der Waals surface area contributed by atoms with Gasteiger partial charge >= 0.3 is 12.1 Å². The van der Waals surface area contributed by atoms with Crippen LogP contribution < -0.4 is 15.6 Å². The minimum atomic E-state index is -1.41. The van der Waals surface area contributed by atoms with Crippen LogP contribution >= 0.6 is 0 Å². The Bertz CT molecular complexity index is 763. The van der Waals surface area contributed by atoms with Gasteiger partial charge in [-0.05, 0) is 12.1 Å². The van der Waals surface area contributed by atoms with Crippen molar-refractivity contribution in [2.24, 2.45) is 0 Å². The van der Waals surface area contributed by atoms with Gasteiger partial charge in [-0.2, -0.15) is 10.2 Å². The molecule has 0 radical (unpaired) electrons. The van der Waals surface area contributed by atoms with E-state index in [1.807, 2.05) is 0 Å². The Morgan fingerprint density at radius 1 is 1.41 bits per heavy atom. The van der Waals surface area contributed by atoms with Crippen LogP contribution in [0.25, 0.3) is 0 Å². The van der Waals surface area contributed by atoms with Gasteiger partial charge in [0.1, 0.15) is 17.4 Å². The van der Waals surface area contributed by atoms with Crippen LogP contribution in [0.5, 0.6) is 11.8 Å². The second kappa shape index (κ2) is 6.31. The van der Waals surface area contributed by atoms with Crippen molar-refractivity contribution < 1.29 is 23.4 Å². The van der Waals surface area contributed by atoms with Crippen molar-refractivity contribution in [2.45, 2.75) is 0 Å². The number of nitriles is 1. The lowest BCUT2D eigenvalue weighted by molar-refractivity contribution is 0.197.